The SMILES string of the molecule is C=CC(OC)(OC)c1cccc(O)c1. The number of ether oxygens (including phenoxy) is 2. The molecule has 0 aliphatic heterocycles. The number of phenolic OH excluding ortho intramolecular Hbond substituents is 1. The molecular formula is C11H14O3. The van der Waals surface area contributed by atoms with Crippen LogP contribution in [0.1, 0.15) is 5.56 Å². The van der Waals surface area contributed by atoms with Crippen LogP contribution in [0.25, 0.3) is 0 Å². The minimum absolute atomic E-state index is 0.169. The molecule has 1 N–H and O–H groups in total. The first-order valence-corrected chi connectivity index (χ1v) is 4.22. The van der Waals surface area contributed by atoms with Gasteiger partial charge in [-0.3, -0.25) is 0 Å². The highest BCUT2D eigenvalue weighted by atomic mass is 16.7. The zero-order valence-corrected chi connectivity index (χ0v) is 8.36. The number of methoxy groups -OCH3 is 2. The van der Waals surface area contributed by atoms with Crippen LogP contribution in [0.4, 0.5) is 0 Å². The molecule has 3 heteroatoms. The Balaban J connectivity index is 3.17. The fourth-order valence-corrected chi connectivity index (χ4v) is 1.33. The summed E-state index contributed by atoms with van der Waals surface area (Å²) >= 11 is 0. The third-order valence-electron chi connectivity index (χ3n) is 2.12. The largest absolute Gasteiger partial charge is 0.508 e. The summed E-state index contributed by atoms with van der Waals surface area (Å²) in [5.74, 6) is -0.818. The lowest BCUT2D eigenvalue weighted by Gasteiger charge is -2.27. The second-order valence-electron chi connectivity index (χ2n) is 2.83. The molecule has 1 aromatic rings. The molecule has 0 aromatic heterocycles. The molecule has 1 rings (SSSR count). The molecule has 0 unspecified atom stereocenters. The van der Waals surface area contributed by atoms with Crippen LogP contribution in [0.5, 0.6) is 5.75 Å². The van der Waals surface area contributed by atoms with Gasteiger partial charge in [0.1, 0.15) is 5.75 Å². The van der Waals surface area contributed by atoms with E-state index >= 15 is 0 Å². The average molecular weight is 194 g/mol. The fourth-order valence-electron chi connectivity index (χ4n) is 1.33. The standard InChI is InChI=1S/C11H14O3/c1-4-11(13-2,14-3)9-6-5-7-10(12)8-9/h4-8,12H,1H2,2-3H3. The molecule has 3 nitrogen and oxygen atoms in total. The molecule has 0 amide bonds. The van der Waals surface area contributed by atoms with Crippen LogP contribution < -0.4 is 0 Å². The first-order chi connectivity index (χ1) is 6.68. The number of aromatic hydroxyl groups is 1. The Bertz CT molecular complexity index is 316. The van der Waals surface area contributed by atoms with Crippen LogP contribution in [0.15, 0.2) is 36.9 Å². The summed E-state index contributed by atoms with van der Waals surface area (Å²) in [6, 6.07) is 6.69. The molecule has 0 aliphatic carbocycles. The van der Waals surface area contributed by atoms with Crippen molar-refractivity contribution in [2.75, 3.05) is 14.2 Å². The summed E-state index contributed by atoms with van der Waals surface area (Å²) in [7, 11) is 3.05. The van der Waals surface area contributed by atoms with Gasteiger partial charge in [-0.25, -0.2) is 0 Å². The topological polar surface area (TPSA) is 38.7 Å². The van der Waals surface area contributed by atoms with Crippen LogP contribution in [0, 0.1) is 0 Å². The van der Waals surface area contributed by atoms with Gasteiger partial charge in [-0.05, 0) is 18.2 Å². The van der Waals surface area contributed by atoms with Crippen LogP contribution in [-0.4, -0.2) is 19.3 Å². The van der Waals surface area contributed by atoms with Gasteiger partial charge in [-0.1, -0.05) is 18.7 Å². The summed E-state index contributed by atoms with van der Waals surface area (Å²) in [6.07, 6.45) is 1.54. The van der Waals surface area contributed by atoms with Crippen molar-refractivity contribution in [2.24, 2.45) is 0 Å². The molecule has 0 radical (unpaired) electrons. The number of rotatable bonds is 4. The average Bonchev–Trinajstić information content (AvgIpc) is 2.22. The molecule has 0 bridgehead atoms. The molecule has 76 valence electrons. The Morgan fingerprint density at radius 3 is 2.43 bits per heavy atom. The monoisotopic (exact) mass is 194 g/mol. The van der Waals surface area contributed by atoms with Crippen LogP contribution in [-0.2, 0) is 15.3 Å². The zero-order chi connectivity index (χ0) is 10.6. The Morgan fingerprint density at radius 1 is 1.36 bits per heavy atom. The Labute approximate surface area is 83.6 Å². The number of phenols is 1. The van der Waals surface area contributed by atoms with Crippen molar-refractivity contribution in [3.63, 3.8) is 0 Å². The highest BCUT2D eigenvalue weighted by Gasteiger charge is 2.28. The van der Waals surface area contributed by atoms with Crippen molar-refractivity contribution in [1.29, 1.82) is 0 Å². The van der Waals surface area contributed by atoms with Crippen molar-refractivity contribution in [1.82, 2.24) is 0 Å². The first-order valence-electron chi connectivity index (χ1n) is 4.22. The fraction of sp³-hybridized carbons (Fsp3) is 0.273. The van der Waals surface area contributed by atoms with Crippen molar-refractivity contribution in [3.05, 3.63) is 42.5 Å². The van der Waals surface area contributed by atoms with E-state index in [1.165, 1.54) is 14.2 Å². The van der Waals surface area contributed by atoms with Gasteiger partial charge < -0.3 is 14.6 Å². The molecular weight excluding hydrogens is 180 g/mol. The van der Waals surface area contributed by atoms with E-state index in [1.54, 1.807) is 30.3 Å². The lowest BCUT2D eigenvalue weighted by Crippen LogP contribution is -2.27. The second-order valence-corrected chi connectivity index (χ2v) is 2.83. The van der Waals surface area contributed by atoms with Crippen molar-refractivity contribution < 1.29 is 14.6 Å². The Hall–Kier alpha value is -1.32. The van der Waals surface area contributed by atoms with Gasteiger partial charge in [0.15, 0.2) is 0 Å². The minimum atomic E-state index is -0.987. The van der Waals surface area contributed by atoms with Gasteiger partial charge >= 0.3 is 0 Å². The summed E-state index contributed by atoms with van der Waals surface area (Å²) in [4.78, 5) is 0. The molecule has 0 heterocycles. The molecule has 1 aromatic carbocycles. The third kappa shape index (κ3) is 1.78. The quantitative estimate of drug-likeness (QED) is 0.588. The minimum Gasteiger partial charge on any atom is -0.508 e. The van der Waals surface area contributed by atoms with Crippen molar-refractivity contribution >= 4 is 0 Å². The van der Waals surface area contributed by atoms with Crippen molar-refractivity contribution in [3.8, 4) is 5.75 Å². The molecule has 0 aliphatic rings. The lowest BCUT2D eigenvalue weighted by molar-refractivity contribution is -0.177. The Kier molecular flexibility index (Phi) is 3.28. The summed E-state index contributed by atoms with van der Waals surface area (Å²) < 4.78 is 10.5. The predicted octanol–water partition coefficient (Wildman–Crippen LogP) is 2.02. The van der Waals surface area contributed by atoms with Crippen LogP contribution in [0.3, 0.4) is 0 Å². The van der Waals surface area contributed by atoms with E-state index in [0.29, 0.717) is 5.56 Å². The molecule has 14 heavy (non-hydrogen) atoms. The van der Waals surface area contributed by atoms with Gasteiger partial charge in [-0.15, -0.1) is 0 Å². The highest BCUT2D eigenvalue weighted by Crippen LogP contribution is 2.29. The summed E-state index contributed by atoms with van der Waals surface area (Å²) in [5.41, 5.74) is 0.706. The maximum absolute atomic E-state index is 9.32. The van der Waals surface area contributed by atoms with Crippen molar-refractivity contribution in [2.45, 2.75) is 5.79 Å². The van der Waals surface area contributed by atoms with E-state index in [1.807, 2.05) is 0 Å². The van der Waals surface area contributed by atoms with E-state index in [2.05, 4.69) is 6.58 Å². The molecule has 0 fully saturated rings. The number of hydrogen-bond acceptors (Lipinski definition) is 3. The van der Waals surface area contributed by atoms with Gasteiger partial charge in [0, 0.05) is 19.8 Å². The predicted molar refractivity (Wildman–Crippen MR) is 54.0 cm³/mol. The van der Waals surface area contributed by atoms with E-state index < -0.39 is 5.79 Å². The van der Waals surface area contributed by atoms with E-state index in [-0.39, 0.29) is 5.75 Å². The first kappa shape index (κ1) is 10.8. The highest BCUT2D eigenvalue weighted by molar-refractivity contribution is 5.32. The number of benzene rings is 1. The second kappa shape index (κ2) is 4.26. The van der Waals surface area contributed by atoms with Gasteiger partial charge in [0.25, 0.3) is 0 Å². The molecule has 0 saturated heterocycles. The lowest BCUT2D eigenvalue weighted by atomic mass is 10.1. The maximum atomic E-state index is 9.32. The third-order valence-corrected chi connectivity index (χ3v) is 2.12. The molecule has 0 saturated carbocycles. The van der Waals surface area contributed by atoms with Gasteiger partial charge in [0.2, 0.25) is 5.79 Å². The molecule has 0 spiro atoms. The van der Waals surface area contributed by atoms with E-state index in [0.717, 1.165) is 0 Å². The van der Waals surface area contributed by atoms with E-state index in [9.17, 15) is 5.11 Å². The maximum Gasteiger partial charge on any atom is 0.214 e. The van der Waals surface area contributed by atoms with Crippen LogP contribution >= 0.6 is 0 Å². The zero-order valence-electron chi connectivity index (χ0n) is 8.36. The Morgan fingerprint density at radius 2 is 2.00 bits per heavy atom. The number of hydrogen-bond donors (Lipinski definition) is 1. The van der Waals surface area contributed by atoms with Gasteiger partial charge in [0.05, 0.1) is 0 Å². The van der Waals surface area contributed by atoms with Crippen LogP contribution in [0.2, 0.25) is 0 Å². The summed E-state index contributed by atoms with van der Waals surface area (Å²) in [5, 5.41) is 9.32. The van der Waals surface area contributed by atoms with E-state index in [4.69, 9.17) is 9.47 Å². The molecule has 0 atom stereocenters. The summed E-state index contributed by atoms with van der Waals surface area (Å²) in [6.45, 7) is 3.65. The normalized spacial score (nSPS) is 11.3. The smallest absolute Gasteiger partial charge is 0.214 e. The van der Waals surface area contributed by atoms with Gasteiger partial charge in [-0.2, -0.15) is 0 Å².